The maximum atomic E-state index is 10.7. The van der Waals surface area contributed by atoms with Crippen LogP contribution in [0.4, 0.5) is 16.3 Å². The highest BCUT2D eigenvalue weighted by molar-refractivity contribution is 5.66. The van der Waals surface area contributed by atoms with Gasteiger partial charge in [-0.3, -0.25) is 4.90 Å². The molecule has 0 spiro atoms. The van der Waals surface area contributed by atoms with Crippen LogP contribution in [-0.2, 0) is 0 Å². The first-order valence-corrected chi connectivity index (χ1v) is 4.61. The van der Waals surface area contributed by atoms with E-state index in [0.717, 1.165) is 5.69 Å². The molecule has 1 aromatic heterocycles. The SMILES string of the molecule is Nc1ccc(N2CCN(C(=O)O)C2)cn1. The van der Waals surface area contributed by atoms with Gasteiger partial charge in [0.2, 0.25) is 0 Å². The molecule has 0 radical (unpaired) electrons. The highest BCUT2D eigenvalue weighted by atomic mass is 16.4. The van der Waals surface area contributed by atoms with Crippen LogP contribution in [0.2, 0.25) is 0 Å². The van der Waals surface area contributed by atoms with Crippen LogP contribution < -0.4 is 10.6 Å². The molecule has 3 N–H and O–H groups in total. The molecule has 0 unspecified atom stereocenters. The summed E-state index contributed by atoms with van der Waals surface area (Å²) in [5.41, 5.74) is 6.36. The molecule has 1 aromatic rings. The van der Waals surface area contributed by atoms with Gasteiger partial charge in [-0.2, -0.15) is 0 Å². The maximum absolute atomic E-state index is 10.7. The Bertz CT molecular complexity index is 365. The number of hydrogen-bond donors (Lipinski definition) is 2. The fourth-order valence-corrected chi connectivity index (χ4v) is 1.54. The van der Waals surface area contributed by atoms with E-state index in [0.29, 0.717) is 25.6 Å². The zero-order chi connectivity index (χ0) is 10.8. The number of anilines is 2. The average Bonchev–Trinajstić information content (AvgIpc) is 2.68. The van der Waals surface area contributed by atoms with Gasteiger partial charge in [0, 0.05) is 13.1 Å². The van der Waals surface area contributed by atoms with Crippen LogP contribution in [0.25, 0.3) is 0 Å². The van der Waals surface area contributed by atoms with E-state index in [4.69, 9.17) is 10.8 Å². The molecule has 1 fully saturated rings. The second kappa shape index (κ2) is 3.64. The summed E-state index contributed by atoms with van der Waals surface area (Å²) in [6.07, 6.45) is 0.765. The topological polar surface area (TPSA) is 82.7 Å². The van der Waals surface area contributed by atoms with E-state index < -0.39 is 6.09 Å². The van der Waals surface area contributed by atoms with Crippen LogP contribution in [0.15, 0.2) is 18.3 Å². The third kappa shape index (κ3) is 1.93. The Morgan fingerprint density at radius 2 is 2.27 bits per heavy atom. The number of aromatic nitrogens is 1. The Morgan fingerprint density at radius 3 is 2.80 bits per heavy atom. The summed E-state index contributed by atoms with van der Waals surface area (Å²) >= 11 is 0. The number of nitrogens with zero attached hydrogens (tertiary/aromatic N) is 3. The molecule has 1 aliphatic heterocycles. The number of nitrogens with two attached hydrogens (primary N) is 1. The summed E-state index contributed by atoms with van der Waals surface area (Å²) in [5, 5.41) is 8.79. The molecule has 80 valence electrons. The van der Waals surface area contributed by atoms with Crippen molar-refractivity contribution in [2.75, 3.05) is 30.4 Å². The van der Waals surface area contributed by atoms with Gasteiger partial charge in [0.05, 0.1) is 18.6 Å². The van der Waals surface area contributed by atoms with Crippen molar-refractivity contribution in [3.63, 3.8) is 0 Å². The van der Waals surface area contributed by atoms with Crippen molar-refractivity contribution in [1.82, 2.24) is 9.88 Å². The number of rotatable bonds is 1. The zero-order valence-electron chi connectivity index (χ0n) is 8.13. The predicted molar refractivity (Wildman–Crippen MR) is 55.6 cm³/mol. The zero-order valence-corrected chi connectivity index (χ0v) is 8.13. The quantitative estimate of drug-likeness (QED) is 0.699. The van der Waals surface area contributed by atoms with E-state index in [1.54, 1.807) is 12.3 Å². The van der Waals surface area contributed by atoms with Crippen LogP contribution in [-0.4, -0.2) is 40.8 Å². The molecular formula is C9H12N4O2. The Hall–Kier alpha value is -1.98. The molecule has 0 aromatic carbocycles. The molecule has 15 heavy (non-hydrogen) atoms. The fourth-order valence-electron chi connectivity index (χ4n) is 1.54. The van der Waals surface area contributed by atoms with Crippen LogP contribution >= 0.6 is 0 Å². The lowest BCUT2D eigenvalue weighted by Gasteiger charge is -2.17. The molecule has 2 rings (SSSR count). The summed E-state index contributed by atoms with van der Waals surface area (Å²) in [6.45, 7) is 1.61. The fraction of sp³-hybridized carbons (Fsp3) is 0.333. The first kappa shape index (κ1) is 9.57. The molecule has 6 heteroatoms. The van der Waals surface area contributed by atoms with Gasteiger partial charge < -0.3 is 15.7 Å². The third-order valence-electron chi connectivity index (χ3n) is 2.39. The van der Waals surface area contributed by atoms with Gasteiger partial charge in [0.1, 0.15) is 5.82 Å². The van der Waals surface area contributed by atoms with Gasteiger partial charge in [-0.15, -0.1) is 0 Å². The lowest BCUT2D eigenvalue weighted by atomic mass is 10.4. The second-order valence-electron chi connectivity index (χ2n) is 3.39. The van der Waals surface area contributed by atoms with Crippen LogP contribution in [0.3, 0.4) is 0 Å². The average molecular weight is 208 g/mol. The number of hydrogen-bond acceptors (Lipinski definition) is 4. The van der Waals surface area contributed by atoms with Crippen LogP contribution in [0, 0.1) is 0 Å². The molecule has 1 aliphatic rings. The maximum Gasteiger partial charge on any atom is 0.408 e. The molecule has 0 atom stereocenters. The number of carbonyl (C=O) groups is 1. The summed E-state index contributed by atoms with van der Waals surface area (Å²) < 4.78 is 0. The number of amides is 1. The molecule has 0 bridgehead atoms. The van der Waals surface area contributed by atoms with Gasteiger partial charge in [0.15, 0.2) is 0 Å². The summed E-state index contributed by atoms with van der Waals surface area (Å²) in [5.74, 6) is 0.466. The van der Waals surface area contributed by atoms with E-state index in [1.807, 2.05) is 11.0 Å². The number of carboxylic acid groups (broad SMARTS) is 1. The molecule has 6 nitrogen and oxygen atoms in total. The van der Waals surface area contributed by atoms with Crippen molar-refractivity contribution in [2.24, 2.45) is 0 Å². The molecule has 0 saturated carbocycles. The van der Waals surface area contributed by atoms with Crippen molar-refractivity contribution in [2.45, 2.75) is 0 Å². The van der Waals surface area contributed by atoms with Crippen molar-refractivity contribution >= 4 is 17.6 Å². The van der Waals surface area contributed by atoms with Crippen LogP contribution in [0.1, 0.15) is 0 Å². The first-order valence-electron chi connectivity index (χ1n) is 4.61. The van der Waals surface area contributed by atoms with Crippen molar-refractivity contribution in [3.05, 3.63) is 18.3 Å². The first-order chi connectivity index (χ1) is 7.16. The van der Waals surface area contributed by atoms with E-state index in [-0.39, 0.29) is 0 Å². The third-order valence-corrected chi connectivity index (χ3v) is 2.39. The van der Waals surface area contributed by atoms with Gasteiger partial charge >= 0.3 is 6.09 Å². The monoisotopic (exact) mass is 208 g/mol. The minimum absolute atomic E-state index is 0.390. The normalized spacial score (nSPS) is 15.7. The predicted octanol–water partition coefficient (Wildman–Crippen LogP) is 0.421. The lowest BCUT2D eigenvalue weighted by Crippen LogP contribution is -2.29. The Balaban J connectivity index is 2.07. The van der Waals surface area contributed by atoms with Crippen molar-refractivity contribution < 1.29 is 9.90 Å². The lowest BCUT2D eigenvalue weighted by molar-refractivity contribution is 0.156. The minimum Gasteiger partial charge on any atom is -0.465 e. The molecule has 0 aliphatic carbocycles. The number of pyridine rings is 1. The Morgan fingerprint density at radius 1 is 1.47 bits per heavy atom. The van der Waals surface area contributed by atoms with Crippen molar-refractivity contribution in [1.29, 1.82) is 0 Å². The number of nitrogen functional groups attached to an aromatic ring is 1. The standard InChI is InChI=1S/C9H12N4O2/c10-8-2-1-7(5-11-8)12-3-4-13(6-12)9(14)15/h1-2,5H,3-4,6H2,(H2,10,11)(H,14,15). The van der Waals surface area contributed by atoms with Gasteiger partial charge in [-0.05, 0) is 12.1 Å². The van der Waals surface area contributed by atoms with E-state index in [9.17, 15) is 4.79 Å². The van der Waals surface area contributed by atoms with Crippen LogP contribution in [0.5, 0.6) is 0 Å². The highest BCUT2D eigenvalue weighted by Gasteiger charge is 2.23. The smallest absolute Gasteiger partial charge is 0.408 e. The molecule has 2 heterocycles. The van der Waals surface area contributed by atoms with Gasteiger partial charge in [0.25, 0.3) is 0 Å². The van der Waals surface area contributed by atoms with Gasteiger partial charge in [-0.1, -0.05) is 0 Å². The summed E-state index contributed by atoms with van der Waals surface area (Å²) in [6, 6.07) is 3.55. The minimum atomic E-state index is -0.888. The second-order valence-corrected chi connectivity index (χ2v) is 3.39. The van der Waals surface area contributed by atoms with Gasteiger partial charge in [-0.25, -0.2) is 9.78 Å². The summed E-state index contributed by atoms with van der Waals surface area (Å²) in [4.78, 5) is 18.0. The molecular weight excluding hydrogens is 196 g/mol. The van der Waals surface area contributed by atoms with E-state index in [2.05, 4.69) is 4.98 Å². The highest BCUT2D eigenvalue weighted by Crippen LogP contribution is 2.17. The molecule has 1 saturated heterocycles. The van der Waals surface area contributed by atoms with Crippen molar-refractivity contribution in [3.8, 4) is 0 Å². The Labute approximate surface area is 86.9 Å². The van der Waals surface area contributed by atoms with E-state index >= 15 is 0 Å². The summed E-state index contributed by atoms with van der Waals surface area (Å²) in [7, 11) is 0. The van der Waals surface area contributed by atoms with E-state index in [1.165, 1.54) is 4.90 Å². The largest absolute Gasteiger partial charge is 0.465 e. The Kier molecular flexibility index (Phi) is 2.32. The molecule has 1 amide bonds.